The van der Waals surface area contributed by atoms with E-state index in [0.29, 0.717) is 18.1 Å². The van der Waals surface area contributed by atoms with Gasteiger partial charge < -0.3 is 5.73 Å². The average molecular weight is 265 g/mol. The van der Waals surface area contributed by atoms with Crippen LogP contribution >= 0.6 is 0 Å². The maximum absolute atomic E-state index is 11.4. The van der Waals surface area contributed by atoms with Gasteiger partial charge in [0.25, 0.3) is 0 Å². The van der Waals surface area contributed by atoms with Gasteiger partial charge in [-0.2, -0.15) is 0 Å². The maximum Gasteiger partial charge on any atom is 0.182 e. The summed E-state index contributed by atoms with van der Waals surface area (Å²) in [6.45, 7) is 2.42. The second-order valence-corrected chi connectivity index (χ2v) is 5.92. The van der Waals surface area contributed by atoms with Crippen molar-refractivity contribution < 1.29 is 4.21 Å². The van der Waals surface area contributed by atoms with Crippen molar-refractivity contribution in [2.24, 2.45) is 0 Å². The van der Waals surface area contributed by atoms with Crippen molar-refractivity contribution in [2.45, 2.75) is 18.7 Å². The van der Waals surface area contributed by atoms with Crippen LogP contribution in [0.3, 0.4) is 0 Å². The molecule has 0 aliphatic heterocycles. The van der Waals surface area contributed by atoms with Gasteiger partial charge in [0.2, 0.25) is 0 Å². The van der Waals surface area contributed by atoms with E-state index in [1.807, 2.05) is 25.1 Å². The Labute approximate surface area is 108 Å². The fourth-order valence-corrected chi connectivity index (χ4v) is 1.91. The molecule has 0 fully saturated rings. The second kappa shape index (κ2) is 5.26. The molecule has 0 amide bonds. The summed E-state index contributed by atoms with van der Waals surface area (Å²) in [4.78, 5) is 0. The van der Waals surface area contributed by atoms with Gasteiger partial charge >= 0.3 is 0 Å². The largest absolute Gasteiger partial charge is 0.399 e. The lowest BCUT2D eigenvalue weighted by molar-refractivity contribution is 0.579. The van der Waals surface area contributed by atoms with Crippen molar-refractivity contribution in [3.63, 3.8) is 0 Å². The molecule has 6 nitrogen and oxygen atoms in total. The van der Waals surface area contributed by atoms with Crippen molar-refractivity contribution >= 4 is 16.5 Å². The summed E-state index contributed by atoms with van der Waals surface area (Å²) >= 11 is 0. The van der Waals surface area contributed by atoms with Crippen molar-refractivity contribution in [3.8, 4) is 11.4 Å². The third-order valence-electron chi connectivity index (χ3n) is 2.67. The fourth-order valence-electron chi connectivity index (χ4n) is 1.56. The number of hydrogen-bond donors (Lipinski definition) is 1. The predicted octanol–water partition coefficient (Wildman–Crippen LogP) is 0.689. The Balaban J connectivity index is 2.30. The van der Waals surface area contributed by atoms with E-state index in [-0.39, 0.29) is 5.25 Å². The first-order chi connectivity index (χ1) is 8.58. The van der Waals surface area contributed by atoms with E-state index in [9.17, 15) is 4.21 Å². The molecule has 0 aliphatic carbocycles. The molecular weight excluding hydrogens is 250 g/mol. The summed E-state index contributed by atoms with van der Waals surface area (Å²) in [5, 5.41) is 11.6. The van der Waals surface area contributed by atoms with Crippen LogP contribution in [0.1, 0.15) is 6.92 Å². The fraction of sp³-hybridized carbons (Fsp3) is 0.364. The Bertz CT molecular complexity index is 568. The van der Waals surface area contributed by atoms with E-state index in [2.05, 4.69) is 15.5 Å². The van der Waals surface area contributed by atoms with E-state index in [1.54, 1.807) is 17.0 Å². The molecule has 2 unspecified atom stereocenters. The highest BCUT2D eigenvalue weighted by molar-refractivity contribution is 7.84. The number of benzene rings is 1. The molecule has 2 N–H and O–H groups in total. The molecule has 0 saturated carbocycles. The summed E-state index contributed by atoms with van der Waals surface area (Å²) in [5.74, 6) is 0.639. The molecule has 96 valence electrons. The van der Waals surface area contributed by atoms with Gasteiger partial charge in [0, 0.05) is 28.3 Å². The summed E-state index contributed by atoms with van der Waals surface area (Å²) in [6.07, 6.45) is 1.68. The van der Waals surface area contributed by atoms with Crippen LogP contribution in [-0.2, 0) is 17.3 Å². The normalized spacial score (nSPS) is 14.3. The van der Waals surface area contributed by atoms with Gasteiger partial charge in [-0.3, -0.25) is 4.21 Å². The molecule has 2 atom stereocenters. The minimum atomic E-state index is -0.905. The first-order valence-electron chi connectivity index (χ1n) is 5.52. The highest BCUT2D eigenvalue weighted by atomic mass is 32.2. The molecule has 0 spiro atoms. The quantitative estimate of drug-likeness (QED) is 0.822. The minimum absolute atomic E-state index is 0.00620. The second-order valence-electron chi connectivity index (χ2n) is 4.12. The summed E-state index contributed by atoms with van der Waals surface area (Å²) in [5.41, 5.74) is 7.25. The first kappa shape index (κ1) is 12.7. The molecule has 1 heterocycles. The van der Waals surface area contributed by atoms with Gasteiger partial charge in [-0.15, -0.1) is 5.10 Å². The third kappa shape index (κ3) is 2.73. The Morgan fingerprint density at radius 3 is 2.94 bits per heavy atom. The molecule has 2 rings (SSSR count). The Morgan fingerprint density at radius 1 is 1.50 bits per heavy atom. The molecule has 0 bridgehead atoms. The number of rotatable bonds is 4. The molecular formula is C11H15N5OS. The lowest BCUT2D eigenvalue weighted by Crippen LogP contribution is -2.19. The standard InChI is InChI=1S/C11H15N5OS/c1-8(18(2)17)7-16-11(13-14-15-16)9-4-3-5-10(12)6-9/h3-6,8H,7,12H2,1-2H3. The highest BCUT2D eigenvalue weighted by Gasteiger charge is 2.14. The number of hydrogen-bond acceptors (Lipinski definition) is 5. The smallest absolute Gasteiger partial charge is 0.182 e. The van der Waals surface area contributed by atoms with Crippen LogP contribution in [0, 0.1) is 0 Å². The molecule has 0 aliphatic rings. The number of tetrazole rings is 1. The predicted molar refractivity (Wildman–Crippen MR) is 71.2 cm³/mol. The number of nitrogens with zero attached hydrogens (tertiary/aromatic N) is 4. The van der Waals surface area contributed by atoms with Gasteiger partial charge in [0.1, 0.15) is 0 Å². The minimum Gasteiger partial charge on any atom is -0.399 e. The van der Waals surface area contributed by atoms with Crippen LogP contribution in [0.2, 0.25) is 0 Å². The van der Waals surface area contributed by atoms with Crippen LogP contribution in [0.5, 0.6) is 0 Å². The van der Waals surface area contributed by atoms with Crippen molar-refractivity contribution in [1.29, 1.82) is 0 Å². The zero-order valence-electron chi connectivity index (χ0n) is 10.3. The molecule has 7 heteroatoms. The Morgan fingerprint density at radius 2 is 2.28 bits per heavy atom. The lowest BCUT2D eigenvalue weighted by Gasteiger charge is -2.09. The Hall–Kier alpha value is -1.76. The van der Waals surface area contributed by atoms with Gasteiger partial charge in [0.15, 0.2) is 5.82 Å². The Kier molecular flexibility index (Phi) is 3.71. The average Bonchev–Trinajstić information content (AvgIpc) is 2.77. The number of aromatic nitrogens is 4. The number of nitrogens with two attached hydrogens (primary N) is 1. The van der Waals surface area contributed by atoms with E-state index in [0.717, 1.165) is 5.56 Å². The molecule has 1 aromatic carbocycles. The molecule has 1 aromatic heterocycles. The number of nitrogen functional groups attached to an aromatic ring is 1. The van der Waals surface area contributed by atoms with Crippen molar-refractivity contribution in [2.75, 3.05) is 12.0 Å². The van der Waals surface area contributed by atoms with Crippen molar-refractivity contribution in [1.82, 2.24) is 20.2 Å². The summed E-state index contributed by atoms with van der Waals surface area (Å²) in [7, 11) is -0.905. The lowest BCUT2D eigenvalue weighted by atomic mass is 10.2. The monoisotopic (exact) mass is 265 g/mol. The molecule has 18 heavy (non-hydrogen) atoms. The van der Waals surface area contributed by atoms with Crippen LogP contribution in [0.25, 0.3) is 11.4 Å². The van der Waals surface area contributed by atoms with E-state index in [4.69, 9.17) is 5.73 Å². The van der Waals surface area contributed by atoms with Gasteiger partial charge in [-0.1, -0.05) is 12.1 Å². The van der Waals surface area contributed by atoms with Crippen LogP contribution in [0.15, 0.2) is 24.3 Å². The van der Waals surface area contributed by atoms with Crippen LogP contribution in [-0.4, -0.2) is 35.9 Å². The molecule has 2 aromatic rings. The highest BCUT2D eigenvalue weighted by Crippen LogP contribution is 2.18. The van der Waals surface area contributed by atoms with Crippen LogP contribution < -0.4 is 5.73 Å². The maximum atomic E-state index is 11.4. The van der Waals surface area contributed by atoms with Crippen molar-refractivity contribution in [3.05, 3.63) is 24.3 Å². The summed E-state index contributed by atoms with van der Waals surface area (Å²) in [6, 6.07) is 7.37. The van der Waals surface area contributed by atoms with Gasteiger partial charge in [-0.05, 0) is 29.5 Å². The van der Waals surface area contributed by atoms with E-state index in [1.165, 1.54) is 0 Å². The molecule has 0 saturated heterocycles. The zero-order valence-corrected chi connectivity index (χ0v) is 11.1. The van der Waals surface area contributed by atoms with Gasteiger partial charge in [0.05, 0.1) is 11.8 Å². The zero-order chi connectivity index (χ0) is 13.1. The van der Waals surface area contributed by atoms with Crippen LogP contribution in [0.4, 0.5) is 5.69 Å². The number of anilines is 1. The third-order valence-corrected chi connectivity index (χ3v) is 3.96. The topological polar surface area (TPSA) is 86.7 Å². The first-order valence-corrected chi connectivity index (χ1v) is 7.14. The van der Waals surface area contributed by atoms with E-state index >= 15 is 0 Å². The van der Waals surface area contributed by atoms with Gasteiger partial charge in [-0.25, -0.2) is 4.68 Å². The summed E-state index contributed by atoms with van der Waals surface area (Å²) < 4.78 is 13.0. The SMILES string of the molecule is CC(Cn1nnnc1-c1cccc(N)c1)S(C)=O. The molecule has 0 radical (unpaired) electrons. The van der Waals surface area contributed by atoms with E-state index < -0.39 is 10.8 Å².